The van der Waals surface area contributed by atoms with Crippen molar-refractivity contribution in [2.75, 3.05) is 6.61 Å². The number of hydrogen-bond acceptors (Lipinski definition) is 4. The molecule has 0 aliphatic heterocycles. The fourth-order valence-corrected chi connectivity index (χ4v) is 0.330. The van der Waals surface area contributed by atoms with E-state index in [-0.39, 0.29) is 93.5 Å². The van der Waals surface area contributed by atoms with Crippen LogP contribution in [-0.4, -0.2) is 41.6 Å². The van der Waals surface area contributed by atoms with Crippen LogP contribution in [0.2, 0.25) is 0 Å². The largest absolute Gasteiger partial charge is 2.00 e. The van der Waals surface area contributed by atoms with Crippen LogP contribution in [0, 0.1) is 0 Å². The molecule has 0 atom stereocenters. The van der Waals surface area contributed by atoms with Crippen molar-refractivity contribution in [3.63, 3.8) is 0 Å². The van der Waals surface area contributed by atoms with Crippen molar-refractivity contribution >= 4 is 35.0 Å². The van der Waals surface area contributed by atoms with Crippen LogP contribution >= 0.6 is 0 Å². The normalized spacial score (nSPS) is 6.42. The molecule has 0 N–H and O–H groups in total. The molecule has 0 aliphatic carbocycles. The summed E-state index contributed by atoms with van der Waals surface area (Å²) >= 11 is 0. The van der Waals surface area contributed by atoms with E-state index in [0.29, 0.717) is 0 Å². The molecular weight excluding hydrogens is 223 g/mol. The van der Waals surface area contributed by atoms with Crippen molar-refractivity contribution in [2.24, 2.45) is 0 Å². The Kier molecular flexibility index (Phi) is 29.5. The van der Waals surface area contributed by atoms with Gasteiger partial charge >= 0.3 is 80.4 Å². The quantitative estimate of drug-likeness (QED) is 0.274. The number of carbonyl (C=O) groups is 2. The molecule has 0 aromatic carbocycles. The van der Waals surface area contributed by atoms with Gasteiger partial charge in [0.15, 0.2) is 0 Å². The minimum absolute atomic E-state index is 0. The minimum atomic E-state index is -1.41. The Morgan fingerprint density at radius 1 is 1.42 bits per heavy atom. The molecule has 0 radical (unpaired) electrons. The molecule has 4 nitrogen and oxygen atoms in total. The first-order valence-corrected chi connectivity index (χ1v) is 2.52. The zero-order chi connectivity index (χ0) is 7.28. The second-order valence-electron chi connectivity index (χ2n) is 1.35. The van der Waals surface area contributed by atoms with Gasteiger partial charge in [0.05, 0.1) is 19.0 Å². The molecule has 0 aromatic rings. The summed E-state index contributed by atoms with van der Waals surface area (Å²) in [6, 6.07) is 0. The molecule has 0 spiro atoms. The number of rotatable bonds is 3. The van der Waals surface area contributed by atoms with E-state index in [1.54, 1.807) is 6.92 Å². The number of carboxylic acid groups (broad SMARTS) is 1. The van der Waals surface area contributed by atoms with Crippen LogP contribution in [0.25, 0.3) is 0 Å². The zero-order valence-corrected chi connectivity index (χ0v) is 12.4. The predicted octanol–water partition coefficient (Wildman–Crippen LogP) is -7.68. The average molecular weight is 230 g/mol. The summed E-state index contributed by atoms with van der Waals surface area (Å²) in [5, 5.41) is 9.67. The van der Waals surface area contributed by atoms with Gasteiger partial charge in [-0.15, -0.1) is 0 Å². The van der Waals surface area contributed by atoms with Gasteiger partial charge in [0.2, 0.25) is 0 Å². The summed E-state index contributed by atoms with van der Waals surface area (Å²) in [6.45, 7) is 1.80. The van der Waals surface area contributed by atoms with Gasteiger partial charge in [0, 0.05) is 0 Å². The van der Waals surface area contributed by atoms with E-state index in [0.717, 1.165) is 0 Å². The number of hydrogen-bond donors (Lipinski definition) is 0. The molecule has 0 heterocycles. The molecular formula is C5H7ClKMgO4+. The first-order chi connectivity index (χ1) is 4.16. The summed E-state index contributed by atoms with van der Waals surface area (Å²) < 4.78 is 4.29. The van der Waals surface area contributed by atoms with Crippen LogP contribution in [-0.2, 0) is 14.3 Å². The third kappa shape index (κ3) is 17.6. The molecule has 0 rings (SSSR count). The van der Waals surface area contributed by atoms with E-state index in [4.69, 9.17) is 0 Å². The number of esters is 1. The van der Waals surface area contributed by atoms with Crippen molar-refractivity contribution in [1.82, 2.24) is 0 Å². The molecule has 0 amide bonds. The Labute approximate surface area is 136 Å². The SMILES string of the molecule is CCOC(=O)CC(=O)[O-].[Cl-].[K+].[Mg+2]. The second-order valence-corrected chi connectivity index (χ2v) is 1.35. The number of halogens is 1. The molecule has 0 bridgehead atoms. The van der Waals surface area contributed by atoms with Crippen molar-refractivity contribution in [2.45, 2.75) is 13.3 Å². The van der Waals surface area contributed by atoms with Gasteiger partial charge in [0.1, 0.15) is 0 Å². The monoisotopic (exact) mass is 229 g/mol. The van der Waals surface area contributed by atoms with Gasteiger partial charge < -0.3 is 27.0 Å². The van der Waals surface area contributed by atoms with Crippen molar-refractivity contribution in [1.29, 1.82) is 0 Å². The minimum Gasteiger partial charge on any atom is -1.00 e. The van der Waals surface area contributed by atoms with E-state index in [1.165, 1.54) is 0 Å². The second kappa shape index (κ2) is 15.1. The smallest absolute Gasteiger partial charge is 1.00 e. The van der Waals surface area contributed by atoms with Crippen LogP contribution in [0.4, 0.5) is 0 Å². The predicted molar refractivity (Wildman–Crippen MR) is 32.0 cm³/mol. The average Bonchev–Trinajstić information content (AvgIpc) is 1.63. The van der Waals surface area contributed by atoms with Gasteiger partial charge in [-0.3, -0.25) is 4.79 Å². The molecule has 0 aliphatic rings. The van der Waals surface area contributed by atoms with Crippen LogP contribution in [0.1, 0.15) is 13.3 Å². The summed E-state index contributed by atoms with van der Waals surface area (Å²) in [6.07, 6.45) is -0.659. The van der Waals surface area contributed by atoms with Crippen LogP contribution in [0.15, 0.2) is 0 Å². The van der Waals surface area contributed by atoms with Gasteiger partial charge in [-0.1, -0.05) is 0 Å². The van der Waals surface area contributed by atoms with Crippen LogP contribution in [0.3, 0.4) is 0 Å². The number of aliphatic carboxylic acids is 1. The molecule has 7 heteroatoms. The molecule has 0 unspecified atom stereocenters. The molecule has 0 fully saturated rings. The van der Waals surface area contributed by atoms with E-state index < -0.39 is 18.4 Å². The molecule has 12 heavy (non-hydrogen) atoms. The van der Waals surface area contributed by atoms with Crippen molar-refractivity contribution < 1.29 is 83.2 Å². The maximum atomic E-state index is 10.2. The Morgan fingerprint density at radius 3 is 2.08 bits per heavy atom. The first kappa shape index (κ1) is 23.4. The van der Waals surface area contributed by atoms with Crippen molar-refractivity contribution in [3.05, 3.63) is 0 Å². The molecule has 60 valence electrons. The van der Waals surface area contributed by atoms with Gasteiger partial charge in [0.25, 0.3) is 0 Å². The van der Waals surface area contributed by atoms with Gasteiger partial charge in [-0.2, -0.15) is 0 Å². The Morgan fingerprint density at radius 2 is 1.83 bits per heavy atom. The summed E-state index contributed by atoms with van der Waals surface area (Å²) in [7, 11) is 0. The third-order valence-corrected chi connectivity index (χ3v) is 0.594. The summed E-state index contributed by atoms with van der Waals surface area (Å²) in [5.41, 5.74) is 0. The molecule has 0 aromatic heterocycles. The first-order valence-electron chi connectivity index (χ1n) is 2.52. The fourth-order valence-electron chi connectivity index (χ4n) is 0.330. The molecule has 0 saturated carbocycles. The standard InChI is InChI=1S/C5H8O4.ClH.K.Mg/c1-2-9-5(8)3-4(6)7;;;/h2-3H2,1H3,(H,6,7);1H;;/q;;+1;+2/p-2. The molecule has 0 saturated heterocycles. The van der Waals surface area contributed by atoms with E-state index in [2.05, 4.69) is 4.74 Å². The van der Waals surface area contributed by atoms with E-state index in [9.17, 15) is 14.7 Å². The van der Waals surface area contributed by atoms with Crippen LogP contribution in [0.5, 0.6) is 0 Å². The maximum Gasteiger partial charge on any atom is 2.00 e. The number of ether oxygens (including phenoxy) is 1. The van der Waals surface area contributed by atoms with Gasteiger partial charge in [-0.25, -0.2) is 0 Å². The Hall–Kier alpha value is 1.63. The fraction of sp³-hybridized carbons (Fsp3) is 0.600. The third-order valence-electron chi connectivity index (χ3n) is 0.594. The van der Waals surface area contributed by atoms with Crippen LogP contribution < -0.4 is 68.9 Å². The van der Waals surface area contributed by atoms with Crippen molar-refractivity contribution in [3.8, 4) is 0 Å². The summed E-state index contributed by atoms with van der Waals surface area (Å²) in [4.78, 5) is 19.9. The zero-order valence-electron chi connectivity index (χ0n) is 7.13. The van der Waals surface area contributed by atoms with E-state index in [1.807, 2.05) is 0 Å². The Bertz CT molecular complexity index is 133. The maximum absolute atomic E-state index is 10.2. The number of carbonyl (C=O) groups excluding carboxylic acids is 2. The number of carboxylic acids is 1. The van der Waals surface area contributed by atoms with E-state index >= 15 is 0 Å². The topological polar surface area (TPSA) is 66.4 Å². The Balaban J connectivity index is -0.000000107. The summed E-state index contributed by atoms with van der Waals surface area (Å²) in [5.74, 6) is -2.16. The van der Waals surface area contributed by atoms with Gasteiger partial charge in [-0.05, 0) is 6.92 Å².